The molecule has 0 spiro atoms. The predicted molar refractivity (Wildman–Crippen MR) is 89.8 cm³/mol. The fraction of sp³-hybridized carbons (Fsp3) is 0.389. The Hall–Kier alpha value is -2.67. The molecule has 1 aliphatic heterocycles. The van der Waals surface area contributed by atoms with Crippen molar-refractivity contribution in [3.8, 4) is 0 Å². The number of fused-ring (bicyclic) bond motifs is 1. The van der Waals surface area contributed by atoms with Crippen molar-refractivity contribution in [1.82, 2.24) is 14.7 Å². The lowest BCUT2D eigenvalue weighted by Gasteiger charge is -2.30. The molecule has 0 bridgehead atoms. The highest BCUT2D eigenvalue weighted by molar-refractivity contribution is 5.82. The minimum atomic E-state index is -0.839. The quantitative estimate of drug-likeness (QED) is 0.862. The molecule has 1 unspecified atom stereocenters. The summed E-state index contributed by atoms with van der Waals surface area (Å²) >= 11 is 0. The minimum Gasteiger partial charge on any atom is -0.481 e. The molecule has 0 fully saturated rings. The van der Waals surface area contributed by atoms with Gasteiger partial charge in [0.1, 0.15) is 0 Å². The molecular formula is C18H21N3O4. The molecule has 0 radical (unpaired) electrons. The first-order valence-corrected chi connectivity index (χ1v) is 8.22. The van der Waals surface area contributed by atoms with Crippen LogP contribution in [0, 0.1) is 0 Å². The molecule has 7 nitrogen and oxygen atoms in total. The number of amides is 1. The summed E-state index contributed by atoms with van der Waals surface area (Å²) in [6.07, 6.45) is -0.172. The van der Waals surface area contributed by atoms with Crippen molar-refractivity contribution in [1.29, 1.82) is 0 Å². The summed E-state index contributed by atoms with van der Waals surface area (Å²) < 4.78 is 7.28. The first kappa shape index (κ1) is 17.2. The van der Waals surface area contributed by atoms with Crippen molar-refractivity contribution in [2.24, 2.45) is 0 Å². The monoisotopic (exact) mass is 343 g/mol. The van der Waals surface area contributed by atoms with Gasteiger partial charge < -0.3 is 14.7 Å². The maximum atomic E-state index is 12.9. The van der Waals surface area contributed by atoms with E-state index >= 15 is 0 Å². The molecule has 3 rings (SSSR count). The van der Waals surface area contributed by atoms with E-state index in [1.807, 2.05) is 41.1 Å². The van der Waals surface area contributed by atoms with E-state index in [0.717, 1.165) is 17.0 Å². The van der Waals surface area contributed by atoms with Crippen LogP contribution in [-0.2, 0) is 33.8 Å². The van der Waals surface area contributed by atoms with Crippen LogP contribution in [0.3, 0.4) is 0 Å². The minimum absolute atomic E-state index is 0.0544. The molecule has 1 amide bonds. The molecule has 0 aliphatic carbocycles. The van der Waals surface area contributed by atoms with Crippen molar-refractivity contribution < 1.29 is 19.4 Å². The van der Waals surface area contributed by atoms with Gasteiger partial charge in [-0.05, 0) is 11.6 Å². The third kappa shape index (κ3) is 3.88. The molecule has 1 N–H and O–H groups in total. The van der Waals surface area contributed by atoms with Crippen LogP contribution in [-0.4, -0.2) is 45.3 Å². The summed E-state index contributed by atoms with van der Waals surface area (Å²) in [5.41, 5.74) is 2.50. The number of hydrogen-bond donors (Lipinski definition) is 1. The lowest BCUT2D eigenvalue weighted by molar-refractivity contribution is -0.144. The third-order valence-electron chi connectivity index (χ3n) is 4.32. The van der Waals surface area contributed by atoms with Gasteiger partial charge in [0.05, 0.1) is 30.9 Å². The normalized spacial score (nSPS) is 14.8. The fourth-order valence-corrected chi connectivity index (χ4v) is 3.04. The van der Waals surface area contributed by atoms with Gasteiger partial charge in [0, 0.05) is 20.1 Å². The molecule has 1 aromatic heterocycles. The molecule has 1 aliphatic rings. The van der Waals surface area contributed by atoms with Gasteiger partial charge in [0.15, 0.2) is 6.10 Å². The van der Waals surface area contributed by atoms with Crippen molar-refractivity contribution in [3.63, 3.8) is 0 Å². The SMILES string of the molecule is COC(C(=O)N1CCn2nc(CCC(=O)O)cc2C1)c1ccccc1. The van der Waals surface area contributed by atoms with Crippen LogP contribution >= 0.6 is 0 Å². The average Bonchev–Trinajstić information content (AvgIpc) is 3.03. The number of rotatable bonds is 6. The molecular weight excluding hydrogens is 322 g/mol. The van der Waals surface area contributed by atoms with E-state index in [9.17, 15) is 9.59 Å². The Balaban J connectivity index is 1.71. The van der Waals surface area contributed by atoms with Crippen LogP contribution in [0.4, 0.5) is 0 Å². The second-order valence-corrected chi connectivity index (χ2v) is 6.03. The van der Waals surface area contributed by atoms with E-state index in [2.05, 4.69) is 5.10 Å². The second-order valence-electron chi connectivity index (χ2n) is 6.03. The number of aliphatic carboxylic acids is 1. The van der Waals surface area contributed by atoms with E-state index in [0.29, 0.717) is 26.1 Å². The maximum Gasteiger partial charge on any atom is 0.303 e. The third-order valence-corrected chi connectivity index (χ3v) is 4.32. The van der Waals surface area contributed by atoms with E-state index in [1.165, 1.54) is 7.11 Å². The van der Waals surface area contributed by atoms with Gasteiger partial charge in [-0.2, -0.15) is 5.10 Å². The Kier molecular flexibility index (Phi) is 5.14. The lowest BCUT2D eigenvalue weighted by Crippen LogP contribution is -2.41. The van der Waals surface area contributed by atoms with Gasteiger partial charge >= 0.3 is 5.97 Å². The molecule has 7 heteroatoms. The summed E-state index contributed by atoms with van der Waals surface area (Å²) in [5.74, 6) is -0.915. The van der Waals surface area contributed by atoms with E-state index < -0.39 is 12.1 Å². The first-order chi connectivity index (χ1) is 12.1. The number of benzene rings is 1. The second kappa shape index (κ2) is 7.48. The van der Waals surface area contributed by atoms with E-state index in [-0.39, 0.29) is 12.3 Å². The zero-order valence-corrected chi connectivity index (χ0v) is 14.1. The Bertz CT molecular complexity index is 757. The Morgan fingerprint density at radius 1 is 1.28 bits per heavy atom. The van der Waals surface area contributed by atoms with Crippen molar-refractivity contribution in [2.75, 3.05) is 13.7 Å². The van der Waals surface area contributed by atoms with Crippen LogP contribution in [0.2, 0.25) is 0 Å². The van der Waals surface area contributed by atoms with Gasteiger partial charge in [0.25, 0.3) is 5.91 Å². The Morgan fingerprint density at radius 2 is 2.04 bits per heavy atom. The lowest BCUT2D eigenvalue weighted by atomic mass is 10.1. The number of methoxy groups -OCH3 is 1. The Morgan fingerprint density at radius 3 is 2.72 bits per heavy atom. The predicted octanol–water partition coefficient (Wildman–Crippen LogP) is 1.63. The van der Waals surface area contributed by atoms with Crippen LogP contribution in [0.1, 0.15) is 29.5 Å². The number of ether oxygens (including phenoxy) is 1. The number of nitrogens with zero attached hydrogens (tertiary/aromatic N) is 3. The highest BCUT2D eigenvalue weighted by atomic mass is 16.5. The van der Waals surface area contributed by atoms with Gasteiger partial charge in [-0.25, -0.2) is 0 Å². The number of carboxylic acids is 1. The fourth-order valence-electron chi connectivity index (χ4n) is 3.04. The van der Waals surface area contributed by atoms with E-state index in [1.54, 1.807) is 4.90 Å². The van der Waals surface area contributed by atoms with Gasteiger partial charge in [-0.3, -0.25) is 14.3 Å². The summed E-state index contributed by atoms with van der Waals surface area (Å²) in [5, 5.41) is 13.2. The Labute approximate surface area is 145 Å². The van der Waals surface area contributed by atoms with Gasteiger partial charge in [-0.15, -0.1) is 0 Å². The standard InChI is InChI=1S/C18H21N3O4/c1-25-17(13-5-3-2-4-6-13)18(24)20-9-10-21-15(12-20)11-14(19-21)7-8-16(22)23/h2-6,11,17H,7-10,12H2,1H3,(H,22,23). The smallest absolute Gasteiger partial charge is 0.303 e. The largest absolute Gasteiger partial charge is 0.481 e. The average molecular weight is 343 g/mol. The highest BCUT2D eigenvalue weighted by Crippen LogP contribution is 2.23. The molecule has 2 aromatic rings. The molecule has 1 aromatic carbocycles. The van der Waals surface area contributed by atoms with Gasteiger partial charge in [0.2, 0.25) is 0 Å². The number of aryl methyl sites for hydroxylation is 1. The van der Waals surface area contributed by atoms with Crippen LogP contribution < -0.4 is 0 Å². The molecule has 0 saturated heterocycles. The first-order valence-electron chi connectivity index (χ1n) is 8.22. The maximum absolute atomic E-state index is 12.9. The summed E-state index contributed by atoms with van der Waals surface area (Å²) in [6, 6.07) is 11.3. The summed E-state index contributed by atoms with van der Waals surface area (Å²) in [6.45, 7) is 1.60. The molecule has 132 valence electrons. The number of aromatic nitrogens is 2. The molecule has 0 saturated carbocycles. The molecule has 25 heavy (non-hydrogen) atoms. The number of carboxylic acid groups (broad SMARTS) is 1. The topological polar surface area (TPSA) is 84.7 Å². The van der Waals surface area contributed by atoms with Crippen molar-refractivity contribution in [3.05, 3.63) is 53.3 Å². The number of carbonyl (C=O) groups is 2. The van der Waals surface area contributed by atoms with E-state index in [4.69, 9.17) is 9.84 Å². The molecule has 1 atom stereocenters. The van der Waals surface area contributed by atoms with Crippen LogP contribution in [0.15, 0.2) is 36.4 Å². The number of hydrogen-bond acceptors (Lipinski definition) is 4. The number of carbonyl (C=O) groups excluding carboxylic acids is 1. The van der Waals surface area contributed by atoms with Crippen molar-refractivity contribution in [2.45, 2.75) is 32.0 Å². The van der Waals surface area contributed by atoms with Crippen LogP contribution in [0.5, 0.6) is 0 Å². The zero-order chi connectivity index (χ0) is 17.8. The van der Waals surface area contributed by atoms with Gasteiger partial charge in [-0.1, -0.05) is 30.3 Å². The van der Waals surface area contributed by atoms with Crippen molar-refractivity contribution >= 4 is 11.9 Å². The summed E-state index contributed by atoms with van der Waals surface area (Å²) in [7, 11) is 1.54. The zero-order valence-electron chi connectivity index (χ0n) is 14.1. The molecule has 2 heterocycles. The van der Waals surface area contributed by atoms with Crippen LogP contribution in [0.25, 0.3) is 0 Å². The highest BCUT2D eigenvalue weighted by Gasteiger charge is 2.29. The summed E-state index contributed by atoms with van der Waals surface area (Å²) in [4.78, 5) is 25.3.